The summed E-state index contributed by atoms with van der Waals surface area (Å²) in [5, 5.41) is 2.20. The number of carbonyl (C=O) groups is 3. The molecular weight excluding hydrogens is 348 g/mol. The third-order valence-corrected chi connectivity index (χ3v) is 4.10. The molecule has 0 saturated carbocycles. The van der Waals surface area contributed by atoms with Crippen LogP contribution < -0.4 is 19.7 Å². The molecule has 1 aliphatic heterocycles. The molecular formula is C20H18N2O5. The maximum absolute atomic E-state index is 12.9. The molecule has 1 heterocycles. The van der Waals surface area contributed by atoms with Crippen molar-refractivity contribution in [3.8, 4) is 11.5 Å². The van der Waals surface area contributed by atoms with E-state index in [1.807, 2.05) is 13.0 Å². The summed E-state index contributed by atoms with van der Waals surface area (Å²) in [7, 11) is 3.00. The number of nitrogens with one attached hydrogen (secondary N) is 1. The van der Waals surface area contributed by atoms with Crippen LogP contribution in [0.25, 0.3) is 6.08 Å². The predicted molar refractivity (Wildman–Crippen MR) is 99.7 cm³/mol. The quantitative estimate of drug-likeness (QED) is 0.664. The lowest BCUT2D eigenvalue weighted by Crippen LogP contribution is -2.54. The van der Waals surface area contributed by atoms with E-state index in [4.69, 9.17) is 9.47 Å². The first kappa shape index (κ1) is 18.2. The number of hydrogen-bond acceptors (Lipinski definition) is 5. The summed E-state index contributed by atoms with van der Waals surface area (Å²) in [5.74, 6) is -0.453. The van der Waals surface area contributed by atoms with Crippen LogP contribution in [-0.4, -0.2) is 32.1 Å². The number of aryl methyl sites for hydroxylation is 1. The Kier molecular flexibility index (Phi) is 4.94. The Morgan fingerprint density at radius 2 is 1.78 bits per heavy atom. The molecule has 0 spiro atoms. The Morgan fingerprint density at radius 1 is 1.00 bits per heavy atom. The van der Waals surface area contributed by atoms with Gasteiger partial charge in [-0.15, -0.1) is 0 Å². The Balaban J connectivity index is 2.04. The fourth-order valence-corrected chi connectivity index (χ4v) is 2.75. The van der Waals surface area contributed by atoms with E-state index in [1.165, 1.54) is 20.3 Å². The number of urea groups is 1. The Morgan fingerprint density at radius 3 is 2.44 bits per heavy atom. The molecule has 1 fully saturated rings. The van der Waals surface area contributed by atoms with Crippen LogP contribution in [0.2, 0.25) is 0 Å². The number of benzene rings is 2. The molecule has 0 aromatic heterocycles. The highest BCUT2D eigenvalue weighted by Crippen LogP contribution is 2.28. The summed E-state index contributed by atoms with van der Waals surface area (Å²) in [5.41, 5.74) is 1.61. The second kappa shape index (κ2) is 7.33. The third kappa shape index (κ3) is 3.52. The Bertz CT molecular complexity index is 965. The SMILES string of the molecule is COc1ccc(C=C2C(=O)NC(=O)N(c3cccc(C)c3)C2=O)c(OC)c1. The molecule has 1 aliphatic rings. The molecule has 7 nitrogen and oxygen atoms in total. The lowest BCUT2D eigenvalue weighted by atomic mass is 10.1. The minimum atomic E-state index is -0.783. The highest BCUT2D eigenvalue weighted by Gasteiger charge is 2.37. The van der Waals surface area contributed by atoms with Gasteiger partial charge in [0, 0.05) is 11.6 Å². The van der Waals surface area contributed by atoms with Gasteiger partial charge in [-0.05, 0) is 42.8 Å². The number of anilines is 1. The third-order valence-electron chi connectivity index (χ3n) is 4.10. The number of imide groups is 2. The van der Waals surface area contributed by atoms with Crippen molar-refractivity contribution < 1.29 is 23.9 Å². The zero-order chi connectivity index (χ0) is 19.6. The van der Waals surface area contributed by atoms with Crippen molar-refractivity contribution in [2.45, 2.75) is 6.92 Å². The Hall–Kier alpha value is -3.61. The number of rotatable bonds is 4. The van der Waals surface area contributed by atoms with E-state index in [1.54, 1.807) is 36.4 Å². The molecule has 2 aromatic rings. The maximum atomic E-state index is 12.9. The first-order valence-corrected chi connectivity index (χ1v) is 8.14. The lowest BCUT2D eigenvalue weighted by Gasteiger charge is -2.26. The minimum Gasteiger partial charge on any atom is -0.497 e. The number of nitrogens with zero attached hydrogens (tertiary/aromatic N) is 1. The average Bonchev–Trinajstić information content (AvgIpc) is 2.65. The number of amides is 4. The minimum absolute atomic E-state index is 0.167. The van der Waals surface area contributed by atoms with Crippen LogP contribution in [0.4, 0.5) is 10.5 Å². The molecule has 1 saturated heterocycles. The topological polar surface area (TPSA) is 84.9 Å². The second-order valence-corrected chi connectivity index (χ2v) is 5.90. The summed E-state index contributed by atoms with van der Waals surface area (Å²) in [6.45, 7) is 1.85. The summed E-state index contributed by atoms with van der Waals surface area (Å²) in [4.78, 5) is 38.3. The van der Waals surface area contributed by atoms with E-state index in [0.717, 1.165) is 10.5 Å². The molecule has 3 rings (SSSR count). The van der Waals surface area contributed by atoms with Crippen molar-refractivity contribution in [1.29, 1.82) is 0 Å². The van der Waals surface area contributed by atoms with Gasteiger partial charge in [0.1, 0.15) is 17.1 Å². The van der Waals surface area contributed by atoms with E-state index in [9.17, 15) is 14.4 Å². The van der Waals surface area contributed by atoms with E-state index < -0.39 is 17.8 Å². The molecule has 27 heavy (non-hydrogen) atoms. The smallest absolute Gasteiger partial charge is 0.335 e. The number of hydrogen-bond donors (Lipinski definition) is 1. The zero-order valence-electron chi connectivity index (χ0n) is 15.1. The molecule has 0 unspecified atom stereocenters. The van der Waals surface area contributed by atoms with E-state index >= 15 is 0 Å². The number of carbonyl (C=O) groups excluding carboxylic acids is 3. The first-order valence-electron chi connectivity index (χ1n) is 8.14. The number of methoxy groups -OCH3 is 2. The monoisotopic (exact) mass is 366 g/mol. The van der Waals surface area contributed by atoms with Crippen LogP contribution in [0, 0.1) is 6.92 Å². The van der Waals surface area contributed by atoms with E-state index in [0.29, 0.717) is 22.7 Å². The first-order chi connectivity index (χ1) is 12.9. The molecule has 0 bridgehead atoms. The second-order valence-electron chi connectivity index (χ2n) is 5.90. The molecule has 1 N–H and O–H groups in total. The van der Waals surface area contributed by atoms with Gasteiger partial charge in [0.05, 0.1) is 19.9 Å². The molecule has 138 valence electrons. The standard InChI is InChI=1S/C20H18N2O5/c1-12-5-4-6-14(9-12)22-19(24)16(18(23)21-20(22)25)10-13-7-8-15(26-2)11-17(13)27-3/h4-11H,1-3H3,(H,21,23,25). The van der Waals surface area contributed by atoms with Crippen LogP contribution in [-0.2, 0) is 9.59 Å². The summed E-state index contributed by atoms with van der Waals surface area (Å²) >= 11 is 0. The lowest BCUT2D eigenvalue weighted by molar-refractivity contribution is -0.122. The Labute approximate surface area is 156 Å². The van der Waals surface area contributed by atoms with E-state index in [2.05, 4.69) is 5.32 Å². The van der Waals surface area contributed by atoms with Crippen molar-refractivity contribution in [3.05, 3.63) is 59.2 Å². The fraction of sp³-hybridized carbons (Fsp3) is 0.150. The van der Waals surface area contributed by atoms with Crippen LogP contribution in [0.5, 0.6) is 11.5 Å². The molecule has 4 amide bonds. The average molecular weight is 366 g/mol. The van der Waals surface area contributed by atoms with E-state index in [-0.39, 0.29) is 5.57 Å². The van der Waals surface area contributed by atoms with Crippen molar-refractivity contribution >= 4 is 29.6 Å². The van der Waals surface area contributed by atoms with Gasteiger partial charge in [0.25, 0.3) is 11.8 Å². The van der Waals surface area contributed by atoms with Gasteiger partial charge in [-0.3, -0.25) is 14.9 Å². The molecule has 0 aliphatic carbocycles. The van der Waals surface area contributed by atoms with Crippen LogP contribution >= 0.6 is 0 Å². The number of barbiturate groups is 1. The van der Waals surface area contributed by atoms with Crippen molar-refractivity contribution in [2.24, 2.45) is 0 Å². The van der Waals surface area contributed by atoms with Crippen LogP contribution in [0.15, 0.2) is 48.0 Å². The number of ether oxygens (including phenoxy) is 2. The van der Waals surface area contributed by atoms with Crippen LogP contribution in [0.3, 0.4) is 0 Å². The van der Waals surface area contributed by atoms with Gasteiger partial charge in [-0.2, -0.15) is 0 Å². The van der Waals surface area contributed by atoms with Gasteiger partial charge in [0.15, 0.2) is 0 Å². The van der Waals surface area contributed by atoms with Gasteiger partial charge < -0.3 is 9.47 Å². The highest BCUT2D eigenvalue weighted by molar-refractivity contribution is 6.39. The van der Waals surface area contributed by atoms with Crippen molar-refractivity contribution in [1.82, 2.24) is 5.32 Å². The largest absolute Gasteiger partial charge is 0.497 e. The summed E-state index contributed by atoms with van der Waals surface area (Å²) < 4.78 is 10.4. The normalized spacial score (nSPS) is 15.7. The maximum Gasteiger partial charge on any atom is 0.335 e. The van der Waals surface area contributed by atoms with Gasteiger partial charge >= 0.3 is 6.03 Å². The molecule has 0 radical (unpaired) electrons. The fourth-order valence-electron chi connectivity index (χ4n) is 2.75. The van der Waals surface area contributed by atoms with Crippen molar-refractivity contribution in [2.75, 3.05) is 19.1 Å². The zero-order valence-corrected chi connectivity index (χ0v) is 15.1. The predicted octanol–water partition coefficient (Wildman–Crippen LogP) is 2.68. The molecule has 7 heteroatoms. The molecule has 2 aromatic carbocycles. The van der Waals surface area contributed by atoms with Gasteiger partial charge in [0.2, 0.25) is 0 Å². The van der Waals surface area contributed by atoms with Crippen molar-refractivity contribution in [3.63, 3.8) is 0 Å². The molecule has 0 atom stereocenters. The van der Waals surface area contributed by atoms with Gasteiger partial charge in [-0.1, -0.05) is 12.1 Å². The van der Waals surface area contributed by atoms with Crippen LogP contribution in [0.1, 0.15) is 11.1 Å². The summed E-state index contributed by atoms with van der Waals surface area (Å²) in [6, 6.07) is 11.1. The van der Waals surface area contributed by atoms with Gasteiger partial charge in [-0.25, -0.2) is 9.69 Å². The highest BCUT2D eigenvalue weighted by atomic mass is 16.5. The summed E-state index contributed by atoms with van der Waals surface area (Å²) in [6.07, 6.45) is 1.39.